The van der Waals surface area contributed by atoms with E-state index in [4.69, 9.17) is 4.98 Å². The number of aromatic nitrogens is 2. The molecule has 2 aromatic heterocycles. The zero-order valence-corrected chi connectivity index (χ0v) is 20.8. The Bertz CT molecular complexity index is 1100. The van der Waals surface area contributed by atoms with Crippen LogP contribution in [0.3, 0.4) is 0 Å². The summed E-state index contributed by atoms with van der Waals surface area (Å²) in [7, 11) is 2.94. The van der Waals surface area contributed by atoms with Gasteiger partial charge < -0.3 is 20.1 Å². The first-order valence-corrected chi connectivity index (χ1v) is 13.5. The highest BCUT2D eigenvalue weighted by atomic mass is 31.1. The van der Waals surface area contributed by atoms with Gasteiger partial charge in [0.15, 0.2) is 0 Å². The Kier molecular flexibility index (Phi) is 7.79. The molecular weight excluding hydrogens is 429 g/mol. The van der Waals surface area contributed by atoms with Crippen molar-refractivity contribution in [2.45, 2.75) is 26.3 Å². The van der Waals surface area contributed by atoms with Gasteiger partial charge in [-0.3, -0.25) is 4.79 Å². The molecule has 3 aromatic rings. The fourth-order valence-electron chi connectivity index (χ4n) is 4.26. The van der Waals surface area contributed by atoms with Gasteiger partial charge in [0.25, 0.3) is 5.91 Å². The van der Waals surface area contributed by atoms with E-state index < -0.39 is 0 Å². The molecule has 1 atom stereocenters. The van der Waals surface area contributed by atoms with Crippen LogP contribution in [0.4, 0.5) is 11.5 Å². The Morgan fingerprint density at radius 3 is 2.91 bits per heavy atom. The van der Waals surface area contributed by atoms with E-state index in [0.717, 1.165) is 70.0 Å². The third kappa shape index (κ3) is 5.29. The molecule has 6 nitrogen and oxygen atoms in total. The lowest BCUT2D eigenvalue weighted by Crippen LogP contribution is -2.33. The summed E-state index contributed by atoms with van der Waals surface area (Å²) in [6.07, 6.45) is 3.05. The molecule has 1 aromatic carbocycles. The Morgan fingerprint density at radius 1 is 1.24 bits per heavy atom. The molecule has 3 heterocycles. The molecule has 7 heteroatoms. The molecule has 0 saturated heterocycles. The van der Waals surface area contributed by atoms with Gasteiger partial charge >= 0.3 is 0 Å². The van der Waals surface area contributed by atoms with E-state index in [-0.39, 0.29) is 5.91 Å². The molecule has 0 radical (unpaired) electrons. The lowest BCUT2D eigenvalue weighted by Gasteiger charge is -2.24. The van der Waals surface area contributed by atoms with Crippen molar-refractivity contribution in [2.24, 2.45) is 0 Å². The number of hydrogen-bond donors (Lipinski definition) is 2. The number of anilines is 2. The zero-order chi connectivity index (χ0) is 23.2. The van der Waals surface area contributed by atoms with E-state index in [9.17, 15) is 4.79 Å². The number of nitrogens with one attached hydrogen (secondary N) is 2. The third-order valence-electron chi connectivity index (χ3n) is 6.05. The number of amides is 1. The first kappa shape index (κ1) is 23.5. The first-order valence-electron chi connectivity index (χ1n) is 11.8. The zero-order valence-electron chi connectivity index (χ0n) is 19.8. The summed E-state index contributed by atoms with van der Waals surface area (Å²) in [5.41, 5.74) is 6.06. The Hall–Kier alpha value is -2.69. The fraction of sp³-hybridized carbons (Fsp3) is 0.385. The maximum Gasteiger partial charge on any atom is 0.276 e. The minimum atomic E-state index is -0.0509. The molecule has 1 amide bonds. The van der Waals surface area contributed by atoms with Crippen molar-refractivity contribution in [1.82, 2.24) is 15.3 Å². The number of benzene rings is 1. The quantitative estimate of drug-likeness (QED) is 0.362. The molecule has 1 unspecified atom stereocenters. The van der Waals surface area contributed by atoms with Crippen LogP contribution in [0.25, 0.3) is 11.3 Å². The summed E-state index contributed by atoms with van der Waals surface area (Å²) in [6, 6.07) is 16.1. The van der Waals surface area contributed by atoms with Crippen molar-refractivity contribution in [3.05, 3.63) is 65.5 Å². The average Bonchev–Trinajstić information content (AvgIpc) is 3.19. The van der Waals surface area contributed by atoms with Crippen molar-refractivity contribution in [2.75, 3.05) is 49.3 Å². The molecule has 174 valence electrons. The lowest BCUT2D eigenvalue weighted by atomic mass is 10.1. The number of nitrogens with zero attached hydrogens (tertiary/aromatic N) is 3. The van der Waals surface area contributed by atoms with Crippen molar-refractivity contribution in [3.63, 3.8) is 0 Å². The Labute approximate surface area is 198 Å². The molecule has 0 fully saturated rings. The number of fused-ring (bicyclic) bond motifs is 3. The van der Waals surface area contributed by atoms with Gasteiger partial charge in [-0.05, 0) is 62.0 Å². The van der Waals surface area contributed by atoms with Crippen molar-refractivity contribution in [3.8, 4) is 11.3 Å². The molecule has 0 spiro atoms. The number of carbonyl (C=O) groups excluding carboxylic acids is 1. The van der Waals surface area contributed by atoms with Crippen LogP contribution >= 0.6 is 8.58 Å². The van der Waals surface area contributed by atoms with Gasteiger partial charge in [-0.2, -0.15) is 0 Å². The van der Waals surface area contributed by atoms with Crippen molar-refractivity contribution >= 4 is 26.0 Å². The van der Waals surface area contributed by atoms with E-state index in [0.29, 0.717) is 12.2 Å². The number of para-hydroxylation sites is 1. The molecule has 1 aliphatic heterocycles. The SMILES string of the molecule is CCCNCc1cc2c([nH]1)-c1ccccc1N(C(=O)c1cccc(N(C)CCPC)n1)CC2. The number of pyridine rings is 1. The monoisotopic (exact) mass is 463 g/mol. The topological polar surface area (TPSA) is 64.3 Å². The molecule has 33 heavy (non-hydrogen) atoms. The van der Waals surface area contributed by atoms with E-state index in [2.05, 4.69) is 40.9 Å². The van der Waals surface area contributed by atoms with Gasteiger partial charge in [-0.25, -0.2) is 4.98 Å². The van der Waals surface area contributed by atoms with Gasteiger partial charge in [-0.1, -0.05) is 31.2 Å². The van der Waals surface area contributed by atoms with E-state index >= 15 is 0 Å². The summed E-state index contributed by atoms with van der Waals surface area (Å²) in [5.74, 6) is 0.793. The minimum Gasteiger partial charge on any atom is -0.359 e. The van der Waals surface area contributed by atoms with Gasteiger partial charge in [0.05, 0.1) is 11.4 Å². The van der Waals surface area contributed by atoms with Crippen LogP contribution in [-0.2, 0) is 13.0 Å². The minimum absolute atomic E-state index is 0.0509. The number of rotatable bonds is 9. The van der Waals surface area contributed by atoms with Gasteiger partial charge in [-0.15, -0.1) is 8.58 Å². The van der Waals surface area contributed by atoms with Gasteiger partial charge in [0.1, 0.15) is 11.5 Å². The van der Waals surface area contributed by atoms with Crippen LogP contribution in [0.5, 0.6) is 0 Å². The molecule has 1 aliphatic rings. The summed E-state index contributed by atoms with van der Waals surface area (Å²) in [5, 5.41) is 3.47. The van der Waals surface area contributed by atoms with Crippen LogP contribution < -0.4 is 15.1 Å². The van der Waals surface area contributed by atoms with E-state index in [1.807, 2.05) is 48.3 Å². The van der Waals surface area contributed by atoms with Crippen molar-refractivity contribution in [1.29, 1.82) is 0 Å². The predicted molar refractivity (Wildman–Crippen MR) is 140 cm³/mol. The number of hydrogen-bond acceptors (Lipinski definition) is 4. The summed E-state index contributed by atoms with van der Waals surface area (Å²) in [4.78, 5) is 26.0. The van der Waals surface area contributed by atoms with Crippen LogP contribution in [-0.4, -0.2) is 55.4 Å². The molecule has 4 rings (SSSR count). The van der Waals surface area contributed by atoms with E-state index in [1.54, 1.807) is 0 Å². The molecule has 0 bridgehead atoms. The standard InChI is InChI=1S/C26H34N5OP/c1-4-13-27-18-20-17-19-12-14-31(23-10-6-5-8-21(23)25(19)28-20)26(32)22-9-7-11-24(29-22)30(2)15-16-33-3/h5-11,17,27-28,33H,4,12-16,18H2,1-3H3. The number of H-pyrrole nitrogens is 1. The molecule has 0 saturated carbocycles. The molecule has 2 N–H and O–H groups in total. The van der Waals surface area contributed by atoms with Crippen LogP contribution in [0, 0.1) is 0 Å². The first-order chi connectivity index (χ1) is 16.1. The highest BCUT2D eigenvalue weighted by Gasteiger charge is 2.27. The average molecular weight is 464 g/mol. The van der Waals surface area contributed by atoms with Crippen LogP contribution in [0.15, 0.2) is 48.5 Å². The lowest BCUT2D eigenvalue weighted by molar-refractivity contribution is 0.0983. The largest absolute Gasteiger partial charge is 0.359 e. The summed E-state index contributed by atoms with van der Waals surface area (Å²) < 4.78 is 0. The second kappa shape index (κ2) is 11.0. The van der Waals surface area contributed by atoms with E-state index in [1.165, 1.54) is 11.3 Å². The normalized spacial score (nSPS) is 13.1. The highest BCUT2D eigenvalue weighted by molar-refractivity contribution is 7.37. The maximum absolute atomic E-state index is 13.6. The fourth-order valence-corrected chi connectivity index (χ4v) is 4.82. The molecular formula is C26H34N5OP. The van der Waals surface area contributed by atoms with Gasteiger partial charge in [0, 0.05) is 37.9 Å². The Balaban J connectivity index is 1.61. The smallest absolute Gasteiger partial charge is 0.276 e. The highest BCUT2D eigenvalue weighted by Crippen LogP contribution is 2.36. The number of aromatic amines is 1. The van der Waals surface area contributed by atoms with Crippen LogP contribution in [0.2, 0.25) is 0 Å². The Morgan fingerprint density at radius 2 is 2.09 bits per heavy atom. The third-order valence-corrected chi connectivity index (χ3v) is 6.78. The maximum atomic E-state index is 13.6. The summed E-state index contributed by atoms with van der Waals surface area (Å²) >= 11 is 0. The second-order valence-electron chi connectivity index (χ2n) is 8.50. The van der Waals surface area contributed by atoms with Gasteiger partial charge in [0.2, 0.25) is 0 Å². The predicted octanol–water partition coefficient (Wildman–Crippen LogP) is 4.52. The number of carbonyl (C=O) groups is 1. The van der Waals surface area contributed by atoms with Crippen LogP contribution in [0.1, 0.15) is 35.1 Å². The summed E-state index contributed by atoms with van der Waals surface area (Å²) in [6.45, 7) is 7.78. The van der Waals surface area contributed by atoms with Crippen molar-refractivity contribution < 1.29 is 4.79 Å². The molecule has 0 aliphatic carbocycles. The second-order valence-corrected chi connectivity index (χ2v) is 9.71.